The average molecular weight is 302 g/mol. The Morgan fingerprint density at radius 2 is 2.29 bits per heavy atom. The van der Waals surface area contributed by atoms with Crippen molar-refractivity contribution in [2.45, 2.75) is 6.04 Å². The quantitative estimate of drug-likeness (QED) is 0.900. The van der Waals surface area contributed by atoms with Crippen molar-refractivity contribution in [2.24, 2.45) is 5.73 Å². The normalized spacial score (nSPS) is 12.7. The van der Waals surface area contributed by atoms with Crippen LogP contribution in [0.3, 0.4) is 0 Å². The standard InChI is InChI=1S/C10H9BrFN3O2/c11-6-3-5(1-2-7(6)12)10-14-9(15-17-10)8(13)4-16/h1-3,8,16H,4,13H2. The molecule has 0 radical (unpaired) electrons. The summed E-state index contributed by atoms with van der Waals surface area (Å²) in [6.45, 7) is -0.272. The minimum Gasteiger partial charge on any atom is -0.394 e. The minimum atomic E-state index is -0.684. The van der Waals surface area contributed by atoms with E-state index in [9.17, 15) is 4.39 Å². The molecule has 1 aromatic heterocycles. The lowest BCUT2D eigenvalue weighted by molar-refractivity contribution is 0.260. The van der Waals surface area contributed by atoms with Crippen LogP contribution in [0.2, 0.25) is 0 Å². The first-order chi connectivity index (χ1) is 8.11. The summed E-state index contributed by atoms with van der Waals surface area (Å²) >= 11 is 3.06. The largest absolute Gasteiger partial charge is 0.394 e. The zero-order valence-corrected chi connectivity index (χ0v) is 10.2. The number of halogens is 2. The second-order valence-corrected chi connectivity index (χ2v) is 4.23. The highest BCUT2D eigenvalue weighted by molar-refractivity contribution is 9.10. The molecule has 5 nitrogen and oxygen atoms in total. The van der Waals surface area contributed by atoms with E-state index in [0.717, 1.165) is 0 Å². The lowest BCUT2D eigenvalue weighted by Gasteiger charge is -1.99. The molecule has 2 aromatic rings. The summed E-state index contributed by atoms with van der Waals surface area (Å²) in [6, 6.07) is 3.64. The van der Waals surface area contributed by atoms with E-state index in [1.165, 1.54) is 18.2 Å². The van der Waals surface area contributed by atoms with E-state index in [0.29, 0.717) is 10.0 Å². The van der Waals surface area contributed by atoms with E-state index in [1.54, 1.807) is 0 Å². The molecule has 0 spiro atoms. The van der Waals surface area contributed by atoms with Gasteiger partial charge in [0.25, 0.3) is 5.89 Å². The maximum absolute atomic E-state index is 13.0. The predicted octanol–water partition coefficient (Wildman–Crippen LogP) is 1.63. The topological polar surface area (TPSA) is 85.2 Å². The summed E-state index contributed by atoms with van der Waals surface area (Å²) in [5, 5.41) is 12.5. The van der Waals surface area contributed by atoms with Crippen molar-refractivity contribution in [3.8, 4) is 11.5 Å². The van der Waals surface area contributed by atoms with Gasteiger partial charge in [-0.1, -0.05) is 5.16 Å². The molecule has 1 atom stereocenters. The Morgan fingerprint density at radius 1 is 1.53 bits per heavy atom. The maximum Gasteiger partial charge on any atom is 0.258 e. The maximum atomic E-state index is 13.0. The molecule has 0 aliphatic carbocycles. The Bertz CT molecular complexity index is 532. The third kappa shape index (κ3) is 2.51. The van der Waals surface area contributed by atoms with Gasteiger partial charge in [-0.3, -0.25) is 0 Å². The van der Waals surface area contributed by atoms with E-state index < -0.39 is 6.04 Å². The Labute approximate surface area is 105 Å². The van der Waals surface area contributed by atoms with Crippen molar-refractivity contribution < 1.29 is 14.0 Å². The van der Waals surface area contributed by atoms with E-state index >= 15 is 0 Å². The lowest BCUT2D eigenvalue weighted by Crippen LogP contribution is -2.15. The van der Waals surface area contributed by atoms with E-state index in [1.807, 2.05) is 0 Å². The predicted molar refractivity (Wildman–Crippen MR) is 61.4 cm³/mol. The monoisotopic (exact) mass is 301 g/mol. The SMILES string of the molecule is NC(CO)c1noc(-c2ccc(F)c(Br)c2)n1. The van der Waals surface area contributed by atoms with Crippen molar-refractivity contribution in [1.29, 1.82) is 0 Å². The fraction of sp³-hybridized carbons (Fsp3) is 0.200. The van der Waals surface area contributed by atoms with Crippen LogP contribution in [0.4, 0.5) is 4.39 Å². The number of nitrogens with zero attached hydrogens (tertiary/aromatic N) is 2. The third-order valence-electron chi connectivity index (χ3n) is 2.14. The van der Waals surface area contributed by atoms with Crippen LogP contribution in [0.15, 0.2) is 27.2 Å². The van der Waals surface area contributed by atoms with Crippen LogP contribution >= 0.6 is 15.9 Å². The summed E-state index contributed by atoms with van der Waals surface area (Å²) in [6.07, 6.45) is 0. The summed E-state index contributed by atoms with van der Waals surface area (Å²) < 4.78 is 18.3. The highest BCUT2D eigenvalue weighted by Gasteiger charge is 2.15. The summed E-state index contributed by atoms with van der Waals surface area (Å²) in [5.41, 5.74) is 6.11. The Hall–Kier alpha value is -1.31. The van der Waals surface area contributed by atoms with E-state index in [2.05, 4.69) is 26.1 Å². The van der Waals surface area contributed by atoms with Gasteiger partial charge in [-0.25, -0.2) is 4.39 Å². The second-order valence-electron chi connectivity index (χ2n) is 3.38. The molecule has 3 N–H and O–H groups in total. The van der Waals surface area contributed by atoms with Gasteiger partial charge in [0.15, 0.2) is 5.82 Å². The molecule has 1 heterocycles. The van der Waals surface area contributed by atoms with Crippen LogP contribution in [0, 0.1) is 5.82 Å². The molecular weight excluding hydrogens is 293 g/mol. The Balaban J connectivity index is 2.33. The second kappa shape index (κ2) is 4.91. The first-order valence-electron chi connectivity index (χ1n) is 4.77. The Morgan fingerprint density at radius 3 is 2.94 bits per heavy atom. The van der Waals surface area contributed by atoms with Crippen LogP contribution < -0.4 is 5.73 Å². The lowest BCUT2D eigenvalue weighted by atomic mass is 10.2. The van der Waals surface area contributed by atoms with Gasteiger partial charge >= 0.3 is 0 Å². The van der Waals surface area contributed by atoms with Gasteiger partial charge in [0.1, 0.15) is 5.82 Å². The highest BCUT2D eigenvalue weighted by Crippen LogP contribution is 2.24. The molecule has 0 saturated carbocycles. The van der Waals surface area contributed by atoms with Crippen LogP contribution in [0.5, 0.6) is 0 Å². The number of aromatic nitrogens is 2. The molecule has 7 heteroatoms. The van der Waals surface area contributed by atoms with E-state index in [4.69, 9.17) is 15.4 Å². The molecular formula is C10H9BrFN3O2. The number of aliphatic hydroxyl groups is 1. The number of benzene rings is 1. The molecule has 1 aromatic carbocycles. The molecule has 90 valence electrons. The molecule has 0 fully saturated rings. The van der Waals surface area contributed by atoms with Crippen molar-refractivity contribution in [2.75, 3.05) is 6.61 Å². The highest BCUT2D eigenvalue weighted by atomic mass is 79.9. The van der Waals surface area contributed by atoms with Crippen LogP contribution in [-0.4, -0.2) is 21.9 Å². The van der Waals surface area contributed by atoms with E-state index in [-0.39, 0.29) is 24.1 Å². The average Bonchev–Trinajstić information content (AvgIpc) is 2.81. The fourth-order valence-electron chi connectivity index (χ4n) is 1.21. The number of hydrogen-bond acceptors (Lipinski definition) is 5. The number of nitrogens with two attached hydrogens (primary N) is 1. The van der Waals surface area contributed by atoms with Gasteiger partial charge in [0.05, 0.1) is 17.1 Å². The third-order valence-corrected chi connectivity index (χ3v) is 2.74. The summed E-state index contributed by atoms with van der Waals surface area (Å²) in [7, 11) is 0. The van der Waals surface area contributed by atoms with Gasteiger partial charge in [0, 0.05) is 5.56 Å². The van der Waals surface area contributed by atoms with Crippen molar-refractivity contribution in [1.82, 2.24) is 10.1 Å². The zero-order chi connectivity index (χ0) is 12.4. The summed E-state index contributed by atoms with van der Waals surface area (Å²) in [4.78, 5) is 4.02. The van der Waals surface area contributed by atoms with Gasteiger partial charge < -0.3 is 15.4 Å². The summed E-state index contributed by atoms with van der Waals surface area (Å²) in [5.74, 6) is 0.0631. The Kier molecular flexibility index (Phi) is 3.51. The number of aliphatic hydroxyl groups excluding tert-OH is 1. The molecule has 0 aliphatic heterocycles. The van der Waals surface area contributed by atoms with Crippen molar-refractivity contribution in [3.63, 3.8) is 0 Å². The fourth-order valence-corrected chi connectivity index (χ4v) is 1.59. The van der Waals surface area contributed by atoms with Crippen LogP contribution in [0.1, 0.15) is 11.9 Å². The molecule has 1 unspecified atom stereocenters. The van der Waals surface area contributed by atoms with Crippen molar-refractivity contribution >= 4 is 15.9 Å². The first-order valence-corrected chi connectivity index (χ1v) is 5.56. The van der Waals surface area contributed by atoms with Crippen LogP contribution in [0.25, 0.3) is 11.5 Å². The number of hydrogen-bond donors (Lipinski definition) is 2. The van der Waals surface area contributed by atoms with Gasteiger partial charge in [0.2, 0.25) is 0 Å². The van der Waals surface area contributed by atoms with Gasteiger partial charge in [-0.15, -0.1) is 0 Å². The molecule has 2 rings (SSSR count). The molecule has 0 bridgehead atoms. The molecule has 0 aliphatic rings. The molecule has 0 amide bonds. The molecule has 17 heavy (non-hydrogen) atoms. The minimum absolute atomic E-state index is 0.211. The molecule has 0 saturated heterocycles. The van der Waals surface area contributed by atoms with Crippen molar-refractivity contribution in [3.05, 3.63) is 34.3 Å². The first kappa shape index (κ1) is 12.2. The van der Waals surface area contributed by atoms with Crippen LogP contribution in [-0.2, 0) is 0 Å². The number of rotatable bonds is 3. The zero-order valence-electron chi connectivity index (χ0n) is 8.60. The van der Waals surface area contributed by atoms with Gasteiger partial charge in [-0.05, 0) is 34.1 Å². The smallest absolute Gasteiger partial charge is 0.258 e. The van der Waals surface area contributed by atoms with Gasteiger partial charge in [-0.2, -0.15) is 4.98 Å².